The van der Waals surface area contributed by atoms with Crippen molar-refractivity contribution in [2.45, 2.75) is 0 Å². The maximum Gasteiger partial charge on any atom is 0.0991 e. The van der Waals surface area contributed by atoms with Crippen LogP contribution >= 0.6 is 0 Å². The molecular weight excluding hydrogens is 220 g/mol. The number of rotatable bonds is 2. The predicted octanol–water partition coefficient (Wildman–Crippen LogP) is 3.64. The third-order valence-electron chi connectivity index (χ3n) is 2.93. The Morgan fingerprint density at radius 2 is 1.89 bits per heavy atom. The number of aromatic nitrogens is 1. The average molecular weight is 231 g/mol. The van der Waals surface area contributed by atoms with Crippen LogP contribution in [0, 0.1) is 17.8 Å². The number of benzene rings is 2. The standard InChI is InChI=1S/C16H11N2/c17-11-14-3-1-2-12(9-14)8-13-4-5-16-15(10-13)6-7-18-16/h1-10,18H. The predicted molar refractivity (Wildman–Crippen MR) is 72.0 cm³/mol. The lowest BCUT2D eigenvalue weighted by Gasteiger charge is -2.02. The summed E-state index contributed by atoms with van der Waals surface area (Å²) in [5.41, 5.74) is 4.01. The number of fused-ring (bicyclic) bond motifs is 1. The summed E-state index contributed by atoms with van der Waals surface area (Å²) < 4.78 is 0. The number of aromatic amines is 1. The first-order valence-electron chi connectivity index (χ1n) is 5.77. The molecule has 0 aliphatic rings. The van der Waals surface area contributed by atoms with Gasteiger partial charge in [0, 0.05) is 18.1 Å². The summed E-state index contributed by atoms with van der Waals surface area (Å²) in [7, 11) is 0. The first kappa shape index (κ1) is 10.6. The number of nitrogens with one attached hydrogen (secondary N) is 1. The molecule has 0 aliphatic carbocycles. The van der Waals surface area contributed by atoms with Gasteiger partial charge in [-0.1, -0.05) is 18.2 Å². The lowest BCUT2D eigenvalue weighted by atomic mass is 10.0. The van der Waals surface area contributed by atoms with Crippen molar-refractivity contribution in [3.63, 3.8) is 0 Å². The van der Waals surface area contributed by atoms with Crippen molar-refractivity contribution in [3.05, 3.63) is 77.8 Å². The lowest BCUT2D eigenvalue weighted by Crippen LogP contribution is -1.86. The molecule has 0 amide bonds. The van der Waals surface area contributed by atoms with Crippen LogP contribution in [0.15, 0.2) is 54.7 Å². The van der Waals surface area contributed by atoms with Gasteiger partial charge in [0.1, 0.15) is 0 Å². The zero-order valence-electron chi connectivity index (χ0n) is 9.72. The van der Waals surface area contributed by atoms with Crippen molar-refractivity contribution in [2.24, 2.45) is 0 Å². The minimum atomic E-state index is 0.687. The topological polar surface area (TPSA) is 39.6 Å². The Bertz CT molecular complexity index is 732. The Kier molecular flexibility index (Phi) is 2.59. The molecule has 0 atom stereocenters. The molecule has 1 N–H and O–H groups in total. The third-order valence-corrected chi connectivity index (χ3v) is 2.93. The van der Waals surface area contributed by atoms with Crippen molar-refractivity contribution in [2.75, 3.05) is 0 Å². The molecule has 0 saturated heterocycles. The van der Waals surface area contributed by atoms with Crippen molar-refractivity contribution in [1.82, 2.24) is 4.98 Å². The normalized spacial score (nSPS) is 10.4. The van der Waals surface area contributed by atoms with Gasteiger partial charge in [-0.15, -0.1) is 0 Å². The zero-order valence-corrected chi connectivity index (χ0v) is 9.72. The third kappa shape index (κ3) is 1.99. The molecule has 0 bridgehead atoms. The Morgan fingerprint density at radius 3 is 2.78 bits per heavy atom. The summed E-state index contributed by atoms with van der Waals surface area (Å²) in [5, 5.41) is 10.1. The maximum atomic E-state index is 8.87. The van der Waals surface area contributed by atoms with E-state index in [9.17, 15) is 0 Å². The first-order chi connectivity index (χ1) is 8.85. The molecule has 0 fully saturated rings. The van der Waals surface area contributed by atoms with E-state index < -0.39 is 0 Å². The molecule has 2 nitrogen and oxygen atoms in total. The fourth-order valence-corrected chi connectivity index (χ4v) is 2.05. The van der Waals surface area contributed by atoms with Crippen molar-refractivity contribution in [1.29, 1.82) is 5.26 Å². The molecule has 2 aromatic carbocycles. The maximum absolute atomic E-state index is 8.87. The monoisotopic (exact) mass is 231 g/mol. The van der Waals surface area contributed by atoms with E-state index in [1.165, 1.54) is 5.39 Å². The van der Waals surface area contributed by atoms with Crippen LogP contribution in [0.5, 0.6) is 0 Å². The van der Waals surface area contributed by atoms with Crippen LogP contribution in [0.25, 0.3) is 10.9 Å². The van der Waals surface area contributed by atoms with E-state index >= 15 is 0 Å². The van der Waals surface area contributed by atoms with Gasteiger partial charge in [-0.3, -0.25) is 0 Å². The number of nitriles is 1. The highest BCUT2D eigenvalue weighted by atomic mass is 14.7. The molecule has 1 heterocycles. The second-order valence-corrected chi connectivity index (χ2v) is 4.21. The van der Waals surface area contributed by atoms with Crippen molar-refractivity contribution < 1.29 is 0 Å². The molecule has 0 spiro atoms. The van der Waals surface area contributed by atoms with E-state index in [1.807, 2.05) is 30.5 Å². The summed E-state index contributed by atoms with van der Waals surface area (Å²) in [5.74, 6) is 0. The van der Waals surface area contributed by atoms with Gasteiger partial charge < -0.3 is 4.98 Å². The fourth-order valence-electron chi connectivity index (χ4n) is 2.05. The van der Waals surface area contributed by atoms with Gasteiger partial charge in [-0.2, -0.15) is 5.26 Å². The van der Waals surface area contributed by atoms with Gasteiger partial charge in [-0.05, 0) is 46.8 Å². The molecule has 18 heavy (non-hydrogen) atoms. The van der Waals surface area contributed by atoms with Crippen LogP contribution in [0.3, 0.4) is 0 Å². The van der Waals surface area contributed by atoms with E-state index in [2.05, 4.69) is 41.7 Å². The Morgan fingerprint density at radius 1 is 1.00 bits per heavy atom. The van der Waals surface area contributed by atoms with Gasteiger partial charge in [0.15, 0.2) is 0 Å². The highest BCUT2D eigenvalue weighted by Gasteiger charge is 2.00. The van der Waals surface area contributed by atoms with Gasteiger partial charge in [0.05, 0.1) is 11.6 Å². The van der Waals surface area contributed by atoms with E-state index in [4.69, 9.17) is 5.26 Å². The molecule has 0 aliphatic heterocycles. The molecule has 3 aromatic rings. The summed E-state index contributed by atoms with van der Waals surface area (Å²) in [6, 6.07) is 18.1. The zero-order chi connectivity index (χ0) is 12.4. The molecule has 85 valence electrons. The highest BCUT2D eigenvalue weighted by Crippen LogP contribution is 2.18. The van der Waals surface area contributed by atoms with Gasteiger partial charge in [0.25, 0.3) is 0 Å². The molecule has 0 saturated carbocycles. The molecule has 2 heteroatoms. The summed E-state index contributed by atoms with van der Waals surface area (Å²) in [4.78, 5) is 3.17. The number of hydrogen-bond donors (Lipinski definition) is 1. The van der Waals surface area contributed by atoms with Crippen LogP contribution in [-0.2, 0) is 0 Å². The largest absolute Gasteiger partial charge is 0.361 e. The molecule has 3 rings (SSSR count). The number of hydrogen-bond acceptors (Lipinski definition) is 1. The van der Waals surface area contributed by atoms with Crippen LogP contribution in [0.1, 0.15) is 16.7 Å². The minimum absolute atomic E-state index is 0.687. The lowest BCUT2D eigenvalue weighted by molar-refractivity contribution is 1.41. The van der Waals surface area contributed by atoms with E-state index in [0.29, 0.717) is 5.56 Å². The molecular formula is C16H11N2. The highest BCUT2D eigenvalue weighted by molar-refractivity contribution is 5.80. The SMILES string of the molecule is N#Cc1cccc([CH]c2ccc3[nH]ccc3c2)c1. The second kappa shape index (κ2) is 4.38. The van der Waals surface area contributed by atoms with E-state index in [-0.39, 0.29) is 0 Å². The Hall–Kier alpha value is -2.53. The average Bonchev–Trinajstić information content (AvgIpc) is 2.86. The Labute approximate surface area is 106 Å². The van der Waals surface area contributed by atoms with Crippen LogP contribution in [0.4, 0.5) is 0 Å². The van der Waals surface area contributed by atoms with Crippen molar-refractivity contribution in [3.8, 4) is 6.07 Å². The smallest absolute Gasteiger partial charge is 0.0991 e. The molecule has 1 aromatic heterocycles. The fraction of sp³-hybridized carbons (Fsp3) is 0. The summed E-state index contributed by atoms with van der Waals surface area (Å²) in [6.07, 6.45) is 4.01. The Balaban J connectivity index is 1.93. The quantitative estimate of drug-likeness (QED) is 0.718. The van der Waals surface area contributed by atoms with Gasteiger partial charge in [-0.25, -0.2) is 0 Å². The minimum Gasteiger partial charge on any atom is -0.361 e. The van der Waals surface area contributed by atoms with Crippen molar-refractivity contribution >= 4 is 10.9 Å². The van der Waals surface area contributed by atoms with Crippen LogP contribution in [0.2, 0.25) is 0 Å². The molecule has 0 unspecified atom stereocenters. The number of H-pyrrole nitrogens is 1. The summed E-state index contributed by atoms with van der Waals surface area (Å²) in [6.45, 7) is 0. The van der Waals surface area contributed by atoms with E-state index in [0.717, 1.165) is 16.6 Å². The van der Waals surface area contributed by atoms with Gasteiger partial charge >= 0.3 is 0 Å². The van der Waals surface area contributed by atoms with Gasteiger partial charge in [0.2, 0.25) is 0 Å². The number of nitrogens with zero attached hydrogens (tertiary/aromatic N) is 1. The van der Waals surface area contributed by atoms with Crippen LogP contribution < -0.4 is 0 Å². The van der Waals surface area contributed by atoms with E-state index in [1.54, 1.807) is 0 Å². The second-order valence-electron chi connectivity index (χ2n) is 4.21. The molecule has 1 radical (unpaired) electrons. The van der Waals surface area contributed by atoms with Crippen LogP contribution in [-0.4, -0.2) is 4.98 Å². The first-order valence-corrected chi connectivity index (χ1v) is 5.77. The summed E-state index contributed by atoms with van der Waals surface area (Å²) >= 11 is 0.